The van der Waals surface area contributed by atoms with Crippen LogP contribution >= 0.6 is 0 Å². The smallest absolute Gasteiger partial charge is 0.169 e. The maximum Gasteiger partial charge on any atom is 0.169 e. The SMILES string of the molecule is CC(C)(C)c1cc2c(O)c(c1)Cc1cc(C(C)(C)C)cc(c1OCCCC[n+]1ccc(-c3ccncc3)cc1)Cc1cc(C(C)(C)C)cc(c1O)Cc1cc(C(C)(C)C)cc(c1OCCCC[n+]1ccc(-c3ccncc3)cc1)C2.[Cl-].[Cl-]. The lowest BCUT2D eigenvalue weighted by Crippen LogP contribution is -3.00. The first-order valence-corrected chi connectivity index (χ1v) is 29.1. The molecule has 9 rings (SSSR count). The third-order valence-corrected chi connectivity index (χ3v) is 15.9. The van der Waals surface area contributed by atoms with Crippen molar-refractivity contribution in [2.24, 2.45) is 0 Å². The summed E-state index contributed by atoms with van der Waals surface area (Å²) in [6, 6.07) is 34.9. The van der Waals surface area contributed by atoms with E-state index in [1.54, 1.807) is 0 Å². The number of pyridine rings is 4. The van der Waals surface area contributed by atoms with Crippen molar-refractivity contribution < 1.29 is 53.6 Å². The van der Waals surface area contributed by atoms with Crippen molar-refractivity contribution in [3.05, 3.63) is 213 Å². The average Bonchev–Trinajstić information content (AvgIpc) is 3.57. The lowest BCUT2D eigenvalue weighted by atomic mass is 9.79. The van der Waals surface area contributed by atoms with Crippen LogP contribution in [0.5, 0.6) is 23.0 Å². The lowest BCUT2D eigenvalue weighted by Gasteiger charge is -2.28. The van der Waals surface area contributed by atoms with Gasteiger partial charge in [-0.3, -0.25) is 9.97 Å². The Bertz CT molecular complexity index is 3100. The Kier molecular flexibility index (Phi) is 20.1. The molecular weight excluding hydrogens is 1060 g/mol. The molecule has 82 heavy (non-hydrogen) atoms. The molecule has 0 radical (unpaired) electrons. The van der Waals surface area contributed by atoms with Crippen molar-refractivity contribution in [1.29, 1.82) is 0 Å². The van der Waals surface area contributed by atoms with Crippen LogP contribution in [0.2, 0.25) is 0 Å². The topological polar surface area (TPSA) is 92.5 Å². The van der Waals surface area contributed by atoms with Gasteiger partial charge in [0.05, 0.1) is 13.2 Å². The Balaban J connectivity index is 0.00000484. The van der Waals surface area contributed by atoms with Gasteiger partial charge in [-0.2, -0.15) is 0 Å². The highest BCUT2D eigenvalue weighted by Gasteiger charge is 2.29. The van der Waals surface area contributed by atoms with Gasteiger partial charge in [0.15, 0.2) is 24.8 Å². The monoisotopic (exact) mass is 1140 g/mol. The Morgan fingerprint density at radius 3 is 0.866 bits per heavy atom. The Morgan fingerprint density at radius 1 is 0.366 bits per heavy atom. The fourth-order valence-corrected chi connectivity index (χ4v) is 10.8. The van der Waals surface area contributed by atoms with E-state index in [1.165, 1.54) is 22.3 Å². The van der Waals surface area contributed by atoms with E-state index in [1.807, 2.05) is 49.1 Å². The summed E-state index contributed by atoms with van der Waals surface area (Å²) >= 11 is 0. The Hall–Kier alpha value is -6.74. The van der Waals surface area contributed by atoms with E-state index in [9.17, 15) is 10.2 Å². The van der Waals surface area contributed by atoms with Gasteiger partial charge in [-0.25, -0.2) is 9.13 Å². The molecule has 432 valence electrons. The molecule has 1 aliphatic rings. The van der Waals surface area contributed by atoms with E-state index < -0.39 is 0 Å². The minimum atomic E-state index is -0.201. The zero-order valence-electron chi connectivity index (χ0n) is 50.6. The molecule has 0 atom stereocenters. The molecule has 10 heteroatoms. The second-order valence-electron chi connectivity index (χ2n) is 26.5. The quantitative estimate of drug-likeness (QED) is 0.0834. The highest BCUT2D eigenvalue weighted by atomic mass is 35.5. The molecule has 0 unspecified atom stereocenters. The first kappa shape index (κ1) is 62.9. The standard InChI is InChI=1S/C72H84N4O4.2ClH/c1-69(2,3)61-41-53-37-57-45-63(71(7,8)9)47-59(67(57)79-35-15-13-29-75-31-21-51(22-32-75)49-17-25-73-26-18-49)39-55-43-62(70(4,5)6)44-56(66(55)78)40-60-48-64(72(10,11)12)46-58(38-54(42-61)65(53)77)68(60)80-36-16-14-30-76-33-23-52(24-34-76)50-19-27-74-28-20-50;;/h17-28,31-34,41-48H,13-16,29-30,35-40H2,1-12H3;2*1H. The van der Waals surface area contributed by atoms with E-state index in [-0.39, 0.29) is 46.5 Å². The van der Waals surface area contributed by atoms with Gasteiger partial charge in [0.1, 0.15) is 36.1 Å². The van der Waals surface area contributed by atoms with Crippen LogP contribution in [0.1, 0.15) is 176 Å². The van der Waals surface area contributed by atoms with Crippen molar-refractivity contribution >= 4 is 0 Å². The molecule has 8 aromatic rings. The predicted molar refractivity (Wildman–Crippen MR) is 324 cm³/mol. The number of hydrogen-bond donors (Lipinski definition) is 2. The van der Waals surface area contributed by atoms with E-state index in [4.69, 9.17) is 9.47 Å². The summed E-state index contributed by atoms with van der Waals surface area (Å²) in [6.45, 7) is 29.9. The minimum Gasteiger partial charge on any atom is -1.00 e. The predicted octanol–water partition coefficient (Wildman–Crippen LogP) is 9.39. The van der Waals surface area contributed by atoms with Gasteiger partial charge in [-0.15, -0.1) is 0 Å². The summed E-state index contributed by atoms with van der Waals surface area (Å²) in [7, 11) is 0. The maximum atomic E-state index is 12.8. The summed E-state index contributed by atoms with van der Waals surface area (Å²) in [5.41, 5.74) is 16.2. The largest absolute Gasteiger partial charge is 1.00 e. The van der Waals surface area contributed by atoms with Crippen LogP contribution in [0, 0.1) is 0 Å². The molecule has 1 aliphatic carbocycles. The number of aromatic hydroxyl groups is 2. The lowest BCUT2D eigenvalue weighted by molar-refractivity contribution is -0.697. The van der Waals surface area contributed by atoms with Crippen molar-refractivity contribution in [3.8, 4) is 45.3 Å². The molecule has 2 N–H and O–H groups in total. The van der Waals surface area contributed by atoms with Crippen molar-refractivity contribution in [2.45, 2.75) is 169 Å². The summed E-state index contributed by atoms with van der Waals surface area (Å²) in [4.78, 5) is 8.36. The molecule has 0 amide bonds. The van der Waals surface area contributed by atoms with E-state index in [2.05, 4.69) is 200 Å². The number of phenols is 2. The second kappa shape index (κ2) is 26.2. The van der Waals surface area contributed by atoms with Gasteiger partial charge in [0, 0.05) is 87.6 Å². The van der Waals surface area contributed by atoms with Gasteiger partial charge >= 0.3 is 0 Å². The summed E-state index contributed by atoms with van der Waals surface area (Å²) in [6.07, 6.45) is 21.4. The van der Waals surface area contributed by atoms with Gasteiger partial charge in [0.25, 0.3) is 0 Å². The number of benzene rings is 4. The Labute approximate surface area is 501 Å². The summed E-state index contributed by atoms with van der Waals surface area (Å²) in [5.74, 6) is 2.28. The first-order valence-electron chi connectivity index (χ1n) is 29.1. The number of aryl methyl sites for hydroxylation is 2. The van der Waals surface area contributed by atoms with Crippen LogP contribution < -0.4 is 43.4 Å². The molecule has 4 heterocycles. The third-order valence-electron chi connectivity index (χ3n) is 15.9. The number of ether oxygens (including phenoxy) is 2. The number of rotatable bonds is 14. The number of phenolic OH excluding ortho intramolecular Hbond substituents is 2. The van der Waals surface area contributed by atoms with Gasteiger partial charge < -0.3 is 44.5 Å². The molecule has 0 fully saturated rings. The van der Waals surface area contributed by atoms with Crippen LogP contribution in [0.25, 0.3) is 22.3 Å². The number of aromatic nitrogens is 4. The molecule has 0 saturated carbocycles. The number of fused-ring (bicyclic) bond motifs is 8. The van der Waals surface area contributed by atoms with Gasteiger partial charge in [-0.05, 0) is 148 Å². The molecule has 8 nitrogen and oxygen atoms in total. The summed E-state index contributed by atoms with van der Waals surface area (Å²) in [5, 5.41) is 25.7. The van der Waals surface area contributed by atoms with E-state index in [0.29, 0.717) is 50.4 Å². The fourth-order valence-electron chi connectivity index (χ4n) is 10.8. The minimum absolute atomic E-state index is 0. The molecule has 4 aromatic heterocycles. The van der Waals surface area contributed by atoms with Crippen LogP contribution in [0.3, 0.4) is 0 Å². The molecule has 4 aromatic carbocycles. The van der Waals surface area contributed by atoms with E-state index in [0.717, 1.165) is 117 Å². The molecule has 0 saturated heterocycles. The third kappa shape index (κ3) is 15.5. The van der Waals surface area contributed by atoms with Gasteiger partial charge in [0.2, 0.25) is 0 Å². The van der Waals surface area contributed by atoms with Crippen LogP contribution in [0.4, 0.5) is 0 Å². The van der Waals surface area contributed by atoms with Crippen molar-refractivity contribution in [3.63, 3.8) is 0 Å². The van der Waals surface area contributed by atoms with E-state index >= 15 is 0 Å². The van der Waals surface area contributed by atoms with Crippen LogP contribution in [-0.4, -0.2) is 33.4 Å². The summed E-state index contributed by atoms with van der Waals surface area (Å²) < 4.78 is 18.7. The molecular formula is C72H86Cl2N4O4. The number of nitrogens with zero attached hydrogens (tertiary/aromatic N) is 4. The van der Waals surface area contributed by atoms with Crippen molar-refractivity contribution in [1.82, 2.24) is 9.97 Å². The number of halogens is 2. The average molecular weight is 1140 g/mol. The fraction of sp³-hybridized carbons (Fsp3) is 0.389. The zero-order valence-corrected chi connectivity index (χ0v) is 52.1. The normalized spacial score (nSPS) is 12.7. The van der Waals surface area contributed by atoms with Crippen LogP contribution in [0.15, 0.2) is 147 Å². The second-order valence-corrected chi connectivity index (χ2v) is 26.5. The molecule has 0 spiro atoms. The maximum absolute atomic E-state index is 12.8. The van der Waals surface area contributed by atoms with Crippen LogP contribution in [-0.2, 0) is 60.4 Å². The number of hydrogen-bond acceptors (Lipinski definition) is 6. The highest BCUT2D eigenvalue weighted by molar-refractivity contribution is 5.63. The van der Waals surface area contributed by atoms with Gasteiger partial charge in [-0.1, -0.05) is 132 Å². The highest BCUT2D eigenvalue weighted by Crippen LogP contribution is 2.44. The first-order chi connectivity index (χ1) is 38.0. The molecule has 8 bridgehead atoms. The molecule has 0 aliphatic heterocycles. The Morgan fingerprint density at radius 2 is 0.610 bits per heavy atom. The van der Waals surface area contributed by atoms with Crippen molar-refractivity contribution in [2.75, 3.05) is 13.2 Å². The zero-order chi connectivity index (χ0) is 57.0. The number of unbranched alkanes of at least 4 members (excludes halogenated alkanes) is 2.